The number of hydrogen-bond acceptors (Lipinski definition) is 5. The summed E-state index contributed by atoms with van der Waals surface area (Å²) >= 11 is 1.66. The van der Waals surface area contributed by atoms with Gasteiger partial charge in [-0.25, -0.2) is 9.98 Å². The lowest BCUT2D eigenvalue weighted by atomic mass is 10.1. The van der Waals surface area contributed by atoms with Crippen molar-refractivity contribution >= 4 is 41.3 Å². The van der Waals surface area contributed by atoms with Crippen LogP contribution in [0.1, 0.15) is 24.3 Å². The number of nitrogens with zero attached hydrogens (tertiary/aromatic N) is 5. The van der Waals surface area contributed by atoms with E-state index in [2.05, 4.69) is 39.8 Å². The van der Waals surface area contributed by atoms with E-state index in [0.29, 0.717) is 13.2 Å². The van der Waals surface area contributed by atoms with Gasteiger partial charge in [0.1, 0.15) is 11.1 Å². The molecule has 160 valence electrons. The Morgan fingerprint density at radius 2 is 2.17 bits per heavy atom. The minimum absolute atomic E-state index is 0. The van der Waals surface area contributed by atoms with E-state index >= 15 is 0 Å². The highest BCUT2D eigenvalue weighted by atomic mass is 127. The van der Waals surface area contributed by atoms with Crippen LogP contribution < -0.4 is 5.32 Å². The number of guanidine groups is 1. The number of aryl methyl sites for hydroxylation is 1. The largest absolute Gasteiger partial charge is 0.370 e. The Balaban J connectivity index is 0.00000256. The number of halogens is 1. The highest BCUT2D eigenvalue weighted by Gasteiger charge is 2.25. The Morgan fingerprint density at radius 3 is 2.90 bits per heavy atom. The molecule has 3 aromatic rings. The van der Waals surface area contributed by atoms with E-state index in [1.165, 1.54) is 0 Å². The average Bonchev–Trinajstić information content (AvgIpc) is 3.41. The molecular weight excluding hydrogens is 511 g/mol. The standard InChI is InChI=1S/C21H26N6OS.HI/c1-3-22-21(27-9-10-28-19(14-27)17-11-24-26(2)13-17)23-12-18-15-29-20(25-18)16-7-5-4-6-8-16;/h4-8,11,13,15,19H,3,9-10,12,14H2,1-2H3,(H,22,23);1H. The van der Waals surface area contributed by atoms with Gasteiger partial charge in [0.15, 0.2) is 5.96 Å². The molecule has 2 aromatic heterocycles. The van der Waals surface area contributed by atoms with Gasteiger partial charge < -0.3 is 15.0 Å². The second-order valence-corrected chi connectivity index (χ2v) is 7.79. The highest BCUT2D eigenvalue weighted by molar-refractivity contribution is 14.0. The fourth-order valence-electron chi connectivity index (χ4n) is 3.32. The van der Waals surface area contributed by atoms with Crippen LogP contribution in [0, 0.1) is 0 Å². The number of thiazole rings is 1. The van der Waals surface area contributed by atoms with Crippen LogP contribution >= 0.6 is 35.3 Å². The third-order valence-corrected chi connectivity index (χ3v) is 5.70. The quantitative estimate of drug-likeness (QED) is 0.305. The Kier molecular flexibility index (Phi) is 8.23. The zero-order valence-corrected chi connectivity index (χ0v) is 20.3. The van der Waals surface area contributed by atoms with Gasteiger partial charge >= 0.3 is 0 Å². The van der Waals surface area contributed by atoms with Crippen molar-refractivity contribution in [2.45, 2.75) is 19.6 Å². The number of rotatable bonds is 5. The van der Waals surface area contributed by atoms with Crippen molar-refractivity contribution in [3.05, 3.63) is 59.4 Å². The first-order valence-corrected chi connectivity index (χ1v) is 10.7. The molecule has 0 radical (unpaired) electrons. The molecule has 9 heteroatoms. The fraction of sp³-hybridized carbons (Fsp3) is 0.381. The van der Waals surface area contributed by atoms with Crippen molar-refractivity contribution < 1.29 is 4.74 Å². The molecule has 1 saturated heterocycles. The number of morpholine rings is 1. The van der Waals surface area contributed by atoms with Gasteiger partial charge in [-0.15, -0.1) is 35.3 Å². The molecule has 30 heavy (non-hydrogen) atoms. The fourth-order valence-corrected chi connectivity index (χ4v) is 4.14. The summed E-state index contributed by atoms with van der Waals surface area (Å²) in [5, 5.41) is 10.8. The molecule has 1 atom stereocenters. The number of nitrogens with one attached hydrogen (secondary N) is 1. The van der Waals surface area contributed by atoms with E-state index < -0.39 is 0 Å². The lowest BCUT2D eigenvalue weighted by Gasteiger charge is -2.34. The normalized spacial score (nSPS) is 16.9. The second kappa shape index (κ2) is 10.9. The van der Waals surface area contributed by atoms with Crippen LogP contribution in [0.2, 0.25) is 0 Å². The molecule has 0 amide bonds. The van der Waals surface area contributed by atoms with Crippen molar-refractivity contribution in [1.82, 2.24) is 25.0 Å². The van der Waals surface area contributed by atoms with Crippen LogP contribution in [-0.4, -0.2) is 51.9 Å². The first-order valence-electron chi connectivity index (χ1n) is 9.86. The molecule has 1 aliphatic rings. The number of aliphatic imine (C=N–C) groups is 1. The highest BCUT2D eigenvalue weighted by Crippen LogP contribution is 2.24. The third-order valence-electron chi connectivity index (χ3n) is 4.76. The van der Waals surface area contributed by atoms with Crippen LogP contribution in [0.15, 0.2) is 53.1 Å². The smallest absolute Gasteiger partial charge is 0.194 e. The maximum absolute atomic E-state index is 5.96. The van der Waals surface area contributed by atoms with Crippen LogP contribution in [0.5, 0.6) is 0 Å². The first-order chi connectivity index (χ1) is 14.2. The van der Waals surface area contributed by atoms with Crippen LogP contribution in [0.3, 0.4) is 0 Å². The zero-order chi connectivity index (χ0) is 20.1. The van der Waals surface area contributed by atoms with Crippen molar-refractivity contribution in [3.63, 3.8) is 0 Å². The lowest BCUT2D eigenvalue weighted by Crippen LogP contribution is -2.48. The third kappa shape index (κ3) is 5.58. The van der Waals surface area contributed by atoms with E-state index in [9.17, 15) is 0 Å². The predicted molar refractivity (Wildman–Crippen MR) is 131 cm³/mol. The van der Waals surface area contributed by atoms with E-state index in [1.54, 1.807) is 11.3 Å². The molecular formula is C21H27IN6OS. The summed E-state index contributed by atoms with van der Waals surface area (Å²) in [6.45, 7) is 5.70. The summed E-state index contributed by atoms with van der Waals surface area (Å²) in [6.07, 6.45) is 3.89. The maximum atomic E-state index is 5.96. The average molecular weight is 538 g/mol. The van der Waals surface area contributed by atoms with E-state index in [0.717, 1.165) is 47.4 Å². The molecule has 7 nitrogen and oxygen atoms in total. The van der Waals surface area contributed by atoms with Gasteiger partial charge in [0.2, 0.25) is 0 Å². The summed E-state index contributed by atoms with van der Waals surface area (Å²) in [7, 11) is 1.92. The molecule has 4 rings (SSSR count). The van der Waals surface area contributed by atoms with E-state index in [1.807, 2.05) is 42.3 Å². The van der Waals surface area contributed by atoms with Crippen LogP contribution in [0.25, 0.3) is 10.6 Å². The number of benzene rings is 1. The van der Waals surface area contributed by atoms with Gasteiger partial charge in [0, 0.05) is 42.8 Å². The summed E-state index contributed by atoms with van der Waals surface area (Å²) in [5.74, 6) is 0.902. The first kappa shape index (κ1) is 22.7. The van der Waals surface area contributed by atoms with Gasteiger partial charge in [-0.05, 0) is 6.92 Å². The summed E-state index contributed by atoms with van der Waals surface area (Å²) < 4.78 is 7.77. The SMILES string of the molecule is CCNC(=NCc1csc(-c2ccccc2)n1)N1CCOC(c2cnn(C)c2)C1.I. The Morgan fingerprint density at radius 1 is 1.33 bits per heavy atom. The number of hydrogen-bond donors (Lipinski definition) is 1. The molecule has 0 bridgehead atoms. The van der Waals surface area contributed by atoms with Crippen LogP contribution in [0.4, 0.5) is 0 Å². The second-order valence-electron chi connectivity index (χ2n) is 6.93. The molecule has 1 fully saturated rings. The molecule has 0 aliphatic carbocycles. The molecule has 0 spiro atoms. The van der Waals surface area contributed by atoms with Crippen molar-refractivity contribution in [1.29, 1.82) is 0 Å². The molecule has 0 saturated carbocycles. The number of ether oxygens (including phenoxy) is 1. The van der Waals surface area contributed by atoms with Crippen LogP contribution in [-0.2, 0) is 18.3 Å². The maximum Gasteiger partial charge on any atom is 0.194 e. The van der Waals surface area contributed by atoms with Crippen molar-refractivity contribution in [2.75, 3.05) is 26.2 Å². The molecule has 1 unspecified atom stereocenters. The minimum Gasteiger partial charge on any atom is -0.370 e. The van der Waals surface area contributed by atoms with Gasteiger partial charge in [-0.3, -0.25) is 4.68 Å². The predicted octanol–water partition coefficient (Wildman–Crippen LogP) is 3.70. The van der Waals surface area contributed by atoms with Gasteiger partial charge in [-0.2, -0.15) is 5.10 Å². The van der Waals surface area contributed by atoms with Crippen molar-refractivity contribution in [2.24, 2.45) is 12.0 Å². The summed E-state index contributed by atoms with van der Waals surface area (Å²) in [6, 6.07) is 10.3. The Bertz CT molecular complexity index is 957. The minimum atomic E-state index is 0. The van der Waals surface area contributed by atoms with E-state index in [-0.39, 0.29) is 30.1 Å². The Labute approximate surface area is 198 Å². The van der Waals surface area contributed by atoms with Gasteiger partial charge in [0.25, 0.3) is 0 Å². The van der Waals surface area contributed by atoms with Gasteiger partial charge in [-0.1, -0.05) is 30.3 Å². The topological polar surface area (TPSA) is 67.6 Å². The Hall–Kier alpha value is -1.98. The zero-order valence-electron chi connectivity index (χ0n) is 17.2. The molecule has 1 N–H and O–H groups in total. The monoisotopic (exact) mass is 538 g/mol. The van der Waals surface area contributed by atoms with Crippen molar-refractivity contribution in [3.8, 4) is 10.6 Å². The van der Waals surface area contributed by atoms with E-state index in [4.69, 9.17) is 14.7 Å². The summed E-state index contributed by atoms with van der Waals surface area (Å²) in [4.78, 5) is 11.9. The molecule has 1 aliphatic heterocycles. The van der Waals surface area contributed by atoms with Gasteiger partial charge in [0.05, 0.1) is 31.6 Å². The molecule has 3 heterocycles. The molecule has 1 aromatic carbocycles. The summed E-state index contributed by atoms with van der Waals surface area (Å²) in [5.41, 5.74) is 3.23. The lowest BCUT2D eigenvalue weighted by molar-refractivity contribution is -0.00805. The number of aromatic nitrogens is 3.